The summed E-state index contributed by atoms with van der Waals surface area (Å²) in [6.07, 6.45) is 2.24. The number of nitrogens with zero attached hydrogens (tertiary/aromatic N) is 1. The molecule has 0 aliphatic heterocycles. The van der Waals surface area contributed by atoms with Gasteiger partial charge >= 0.3 is 0 Å². The number of sulfonamides is 1. The van der Waals surface area contributed by atoms with Gasteiger partial charge in [-0.2, -0.15) is 0 Å². The average molecular weight is 312 g/mol. The monoisotopic (exact) mass is 312 g/mol. The molecule has 0 heterocycles. The van der Waals surface area contributed by atoms with Crippen molar-refractivity contribution in [1.29, 1.82) is 0 Å². The molecule has 6 heteroatoms. The predicted molar refractivity (Wildman–Crippen MR) is 82.9 cm³/mol. The lowest BCUT2D eigenvalue weighted by molar-refractivity contribution is 0.396. The maximum atomic E-state index is 12.7. The molecule has 1 N–H and O–H groups in total. The van der Waals surface area contributed by atoms with Gasteiger partial charge < -0.3 is 10.1 Å². The number of benzene rings is 1. The number of rotatable bonds is 8. The van der Waals surface area contributed by atoms with E-state index in [1.807, 2.05) is 13.0 Å². The lowest BCUT2D eigenvalue weighted by Crippen LogP contribution is -2.29. The van der Waals surface area contributed by atoms with Gasteiger partial charge in [-0.1, -0.05) is 13.0 Å². The van der Waals surface area contributed by atoms with Gasteiger partial charge in [0.15, 0.2) is 0 Å². The van der Waals surface area contributed by atoms with Crippen molar-refractivity contribution < 1.29 is 13.2 Å². The maximum Gasteiger partial charge on any atom is 0.246 e. The Hall–Kier alpha value is -1.11. The van der Waals surface area contributed by atoms with Crippen molar-refractivity contribution in [2.75, 3.05) is 27.2 Å². The fourth-order valence-corrected chi connectivity index (χ4v) is 3.68. The molecule has 1 fully saturated rings. The van der Waals surface area contributed by atoms with Crippen molar-refractivity contribution >= 4 is 10.0 Å². The van der Waals surface area contributed by atoms with Crippen molar-refractivity contribution in [1.82, 2.24) is 9.62 Å². The number of ether oxygens (including phenoxy) is 1. The summed E-state index contributed by atoms with van der Waals surface area (Å²) in [7, 11) is -0.362. The standard InChI is InChI=1S/C15H24N2O3S/c1-4-16-10-13-7-8-14(20-3)15(9-13)21(18,19)17(2)11-12-5-6-12/h7-9,12,16H,4-6,10-11H2,1-3H3. The van der Waals surface area contributed by atoms with Crippen LogP contribution in [0.25, 0.3) is 0 Å². The van der Waals surface area contributed by atoms with Gasteiger partial charge in [0.25, 0.3) is 0 Å². The lowest BCUT2D eigenvalue weighted by atomic mass is 10.2. The minimum Gasteiger partial charge on any atom is -0.495 e. The molecule has 1 aromatic carbocycles. The molecule has 1 aliphatic rings. The van der Waals surface area contributed by atoms with Gasteiger partial charge in [0.05, 0.1) is 7.11 Å². The zero-order chi connectivity index (χ0) is 15.5. The topological polar surface area (TPSA) is 58.6 Å². The normalized spacial score (nSPS) is 15.4. The SMILES string of the molecule is CCNCc1ccc(OC)c(S(=O)(=O)N(C)CC2CC2)c1. The molecule has 21 heavy (non-hydrogen) atoms. The van der Waals surface area contributed by atoms with Crippen LogP contribution in [0.4, 0.5) is 0 Å². The molecule has 2 rings (SSSR count). The van der Waals surface area contributed by atoms with Crippen LogP contribution in [0.15, 0.2) is 23.1 Å². The molecule has 1 aliphatic carbocycles. The van der Waals surface area contributed by atoms with E-state index in [1.165, 1.54) is 11.4 Å². The smallest absolute Gasteiger partial charge is 0.246 e. The quantitative estimate of drug-likeness (QED) is 0.796. The van der Waals surface area contributed by atoms with Crippen LogP contribution >= 0.6 is 0 Å². The maximum absolute atomic E-state index is 12.7. The van der Waals surface area contributed by atoms with Crippen molar-refractivity contribution in [3.8, 4) is 5.75 Å². The van der Waals surface area contributed by atoms with E-state index in [0.29, 0.717) is 24.8 Å². The minimum absolute atomic E-state index is 0.253. The van der Waals surface area contributed by atoms with E-state index in [4.69, 9.17) is 4.74 Å². The van der Waals surface area contributed by atoms with Crippen LogP contribution in [0.2, 0.25) is 0 Å². The van der Waals surface area contributed by atoms with E-state index in [9.17, 15) is 8.42 Å². The number of nitrogens with one attached hydrogen (secondary N) is 1. The molecular formula is C15H24N2O3S. The van der Waals surface area contributed by atoms with E-state index in [1.54, 1.807) is 19.2 Å². The van der Waals surface area contributed by atoms with Crippen LogP contribution in [0, 0.1) is 5.92 Å². The molecule has 0 amide bonds. The minimum atomic E-state index is -3.50. The Balaban J connectivity index is 2.29. The highest BCUT2D eigenvalue weighted by Crippen LogP contribution is 2.33. The second kappa shape index (κ2) is 6.77. The first kappa shape index (κ1) is 16.3. The fourth-order valence-electron chi connectivity index (χ4n) is 2.23. The molecule has 5 nitrogen and oxygen atoms in total. The summed E-state index contributed by atoms with van der Waals surface area (Å²) in [5, 5.41) is 3.20. The highest BCUT2D eigenvalue weighted by atomic mass is 32.2. The van der Waals surface area contributed by atoms with E-state index >= 15 is 0 Å². The van der Waals surface area contributed by atoms with Gasteiger partial charge in [-0.05, 0) is 43.0 Å². The van der Waals surface area contributed by atoms with Crippen LogP contribution in [0.5, 0.6) is 5.75 Å². The predicted octanol–water partition coefficient (Wildman–Crippen LogP) is 1.84. The van der Waals surface area contributed by atoms with Crippen LogP contribution in [0.3, 0.4) is 0 Å². The van der Waals surface area contributed by atoms with E-state index in [-0.39, 0.29) is 4.90 Å². The number of methoxy groups -OCH3 is 1. The molecular weight excluding hydrogens is 288 g/mol. The summed E-state index contributed by atoms with van der Waals surface area (Å²) >= 11 is 0. The molecule has 0 unspecified atom stereocenters. The summed E-state index contributed by atoms with van der Waals surface area (Å²) in [4.78, 5) is 0.253. The highest BCUT2D eigenvalue weighted by Gasteiger charge is 2.31. The number of hydrogen-bond acceptors (Lipinski definition) is 4. The van der Waals surface area contributed by atoms with Crippen LogP contribution < -0.4 is 10.1 Å². The molecule has 0 saturated heterocycles. The first-order valence-corrected chi connectivity index (χ1v) is 8.77. The Morgan fingerprint density at radius 2 is 2.10 bits per heavy atom. The van der Waals surface area contributed by atoms with E-state index in [0.717, 1.165) is 24.9 Å². The average Bonchev–Trinajstić information content (AvgIpc) is 3.28. The molecule has 118 valence electrons. The van der Waals surface area contributed by atoms with Crippen LogP contribution in [-0.2, 0) is 16.6 Å². The Morgan fingerprint density at radius 3 is 2.67 bits per heavy atom. The highest BCUT2D eigenvalue weighted by molar-refractivity contribution is 7.89. The van der Waals surface area contributed by atoms with Gasteiger partial charge in [-0.15, -0.1) is 0 Å². The van der Waals surface area contributed by atoms with E-state index < -0.39 is 10.0 Å². The summed E-state index contributed by atoms with van der Waals surface area (Å²) in [5.74, 6) is 0.915. The summed E-state index contributed by atoms with van der Waals surface area (Å²) in [5.41, 5.74) is 0.941. The van der Waals surface area contributed by atoms with Crippen molar-refractivity contribution in [2.24, 2.45) is 5.92 Å². The summed E-state index contributed by atoms with van der Waals surface area (Å²) in [6, 6.07) is 5.33. The molecule has 1 saturated carbocycles. The van der Waals surface area contributed by atoms with Gasteiger partial charge in [-0.25, -0.2) is 12.7 Å². The third-order valence-corrected chi connectivity index (χ3v) is 5.55. The van der Waals surface area contributed by atoms with Crippen molar-refractivity contribution in [3.63, 3.8) is 0 Å². The second-order valence-electron chi connectivity index (χ2n) is 5.49. The Labute approximate surface area is 127 Å². The molecule has 0 spiro atoms. The molecule has 1 aromatic rings. The van der Waals surface area contributed by atoms with Crippen LogP contribution in [0.1, 0.15) is 25.3 Å². The largest absolute Gasteiger partial charge is 0.495 e. The second-order valence-corrected chi connectivity index (χ2v) is 7.51. The molecule has 0 bridgehead atoms. The molecule has 0 atom stereocenters. The van der Waals surface area contributed by atoms with Gasteiger partial charge in [0, 0.05) is 20.1 Å². The van der Waals surface area contributed by atoms with Crippen molar-refractivity contribution in [3.05, 3.63) is 23.8 Å². The van der Waals surface area contributed by atoms with Crippen LogP contribution in [-0.4, -0.2) is 40.0 Å². The zero-order valence-electron chi connectivity index (χ0n) is 12.9. The van der Waals surface area contributed by atoms with Crippen molar-refractivity contribution in [2.45, 2.75) is 31.2 Å². The molecule has 0 aromatic heterocycles. The Morgan fingerprint density at radius 1 is 1.38 bits per heavy atom. The summed E-state index contributed by atoms with van der Waals surface area (Å²) in [6.45, 7) is 4.10. The fraction of sp³-hybridized carbons (Fsp3) is 0.600. The third-order valence-electron chi connectivity index (χ3n) is 3.71. The van der Waals surface area contributed by atoms with Gasteiger partial charge in [-0.3, -0.25) is 0 Å². The first-order valence-electron chi connectivity index (χ1n) is 7.33. The Kier molecular flexibility index (Phi) is 5.24. The summed E-state index contributed by atoms with van der Waals surface area (Å²) < 4.78 is 32.1. The lowest BCUT2D eigenvalue weighted by Gasteiger charge is -2.19. The molecule has 0 radical (unpaired) electrons. The third kappa shape index (κ3) is 3.96. The number of hydrogen-bond donors (Lipinski definition) is 1. The Bertz CT molecular complexity index is 583. The van der Waals surface area contributed by atoms with E-state index in [2.05, 4.69) is 5.32 Å². The van der Waals surface area contributed by atoms with Gasteiger partial charge in [0.2, 0.25) is 10.0 Å². The van der Waals surface area contributed by atoms with Gasteiger partial charge in [0.1, 0.15) is 10.6 Å². The first-order chi connectivity index (χ1) is 9.98. The zero-order valence-corrected chi connectivity index (χ0v) is 13.7.